The van der Waals surface area contributed by atoms with Gasteiger partial charge in [-0.1, -0.05) is 45.0 Å². The highest BCUT2D eigenvalue weighted by Crippen LogP contribution is 2.28. The number of hydrogen-bond acceptors (Lipinski definition) is 6. The van der Waals surface area contributed by atoms with Crippen LogP contribution in [0.15, 0.2) is 59.1 Å². The molecular formula is C28H30N4O4. The minimum atomic E-state index is -0.871. The van der Waals surface area contributed by atoms with Gasteiger partial charge in [0.05, 0.1) is 24.7 Å². The van der Waals surface area contributed by atoms with Crippen molar-refractivity contribution in [3.63, 3.8) is 0 Å². The van der Waals surface area contributed by atoms with E-state index in [4.69, 9.17) is 9.52 Å². The highest BCUT2D eigenvalue weighted by Gasteiger charge is 2.14. The summed E-state index contributed by atoms with van der Waals surface area (Å²) in [6.07, 6.45) is 3.51. The highest BCUT2D eigenvalue weighted by atomic mass is 16.4. The Morgan fingerprint density at radius 1 is 1.06 bits per heavy atom. The number of fused-ring (bicyclic) bond motifs is 1. The molecule has 4 aromatic rings. The second kappa shape index (κ2) is 11.0. The van der Waals surface area contributed by atoms with Gasteiger partial charge < -0.3 is 20.2 Å². The fourth-order valence-electron chi connectivity index (χ4n) is 4.17. The summed E-state index contributed by atoms with van der Waals surface area (Å²) < 4.78 is 5.97. The van der Waals surface area contributed by atoms with Gasteiger partial charge in [0.15, 0.2) is 5.58 Å². The number of aryl methyl sites for hydroxylation is 2. The van der Waals surface area contributed by atoms with Crippen molar-refractivity contribution >= 4 is 40.4 Å². The molecule has 0 saturated carbocycles. The normalized spacial score (nSPS) is 11.9. The molecule has 0 radical (unpaired) electrons. The van der Waals surface area contributed by atoms with Crippen LogP contribution in [0.3, 0.4) is 0 Å². The zero-order chi connectivity index (χ0) is 25.7. The van der Waals surface area contributed by atoms with Crippen molar-refractivity contribution in [2.24, 2.45) is 0 Å². The third-order valence-electron chi connectivity index (χ3n) is 6.10. The minimum absolute atomic E-state index is 0.00490. The first kappa shape index (κ1) is 24.9. The zero-order valence-electron chi connectivity index (χ0n) is 20.7. The van der Waals surface area contributed by atoms with Crippen molar-refractivity contribution in [3.05, 3.63) is 77.1 Å². The molecule has 186 valence electrons. The molecule has 0 aliphatic carbocycles. The first-order valence-electron chi connectivity index (χ1n) is 12.1. The second-order valence-corrected chi connectivity index (χ2v) is 8.80. The summed E-state index contributed by atoms with van der Waals surface area (Å²) in [5.41, 5.74) is 6.78. The van der Waals surface area contributed by atoms with Gasteiger partial charge in [-0.3, -0.25) is 14.6 Å². The smallest absolute Gasteiger partial charge is 0.304 e. The third-order valence-corrected chi connectivity index (χ3v) is 6.10. The van der Waals surface area contributed by atoms with Crippen LogP contribution >= 0.6 is 0 Å². The molecule has 0 fully saturated rings. The molecule has 1 atom stereocenters. The molecule has 0 bridgehead atoms. The van der Waals surface area contributed by atoms with Gasteiger partial charge in [-0.15, -0.1) is 0 Å². The Kier molecular flexibility index (Phi) is 7.63. The Labute approximate surface area is 209 Å². The largest absolute Gasteiger partial charge is 0.481 e. The van der Waals surface area contributed by atoms with Crippen LogP contribution in [0.2, 0.25) is 0 Å². The number of carboxylic acids is 1. The van der Waals surface area contributed by atoms with Crippen LogP contribution in [0.4, 0.5) is 17.4 Å². The monoisotopic (exact) mass is 486 g/mol. The Bertz CT molecular complexity index is 1360. The molecule has 0 spiro atoms. The number of nitrogens with zero attached hydrogens (tertiary/aromatic N) is 2. The van der Waals surface area contributed by atoms with E-state index < -0.39 is 5.97 Å². The lowest BCUT2D eigenvalue weighted by Gasteiger charge is -2.12. The first-order valence-corrected chi connectivity index (χ1v) is 12.1. The van der Waals surface area contributed by atoms with Crippen LogP contribution in [0, 0.1) is 0 Å². The standard InChI is InChI=1S/C28H30N4O4/c1-4-19-7-6-8-20(5-2)27(19)32-28-31-23-11-9-18(14-24(23)36-28)15-25(33)30-21-10-12-22(29-16-21)17(3)13-26(34)35/h6-12,14,16-17H,4-5,13,15H2,1-3H3,(H,30,33)(H,31,32)(H,34,35). The predicted octanol–water partition coefficient (Wildman–Crippen LogP) is 5.85. The number of aromatic nitrogens is 2. The summed E-state index contributed by atoms with van der Waals surface area (Å²) in [6, 6.07) is 15.7. The Morgan fingerprint density at radius 3 is 2.44 bits per heavy atom. The van der Waals surface area contributed by atoms with Crippen molar-refractivity contribution in [2.45, 2.75) is 52.4 Å². The summed E-state index contributed by atoms with van der Waals surface area (Å²) in [7, 11) is 0. The Balaban J connectivity index is 1.43. The SMILES string of the molecule is CCc1cccc(CC)c1Nc1nc2ccc(CC(=O)Nc3ccc(C(C)CC(=O)O)nc3)cc2o1. The van der Waals surface area contributed by atoms with E-state index in [0.29, 0.717) is 28.5 Å². The van der Waals surface area contributed by atoms with E-state index in [-0.39, 0.29) is 24.7 Å². The van der Waals surface area contributed by atoms with Gasteiger partial charge in [-0.05, 0) is 53.8 Å². The molecule has 1 amide bonds. The number of hydrogen-bond donors (Lipinski definition) is 3. The molecule has 2 heterocycles. The second-order valence-electron chi connectivity index (χ2n) is 8.80. The number of benzene rings is 2. The number of nitrogens with one attached hydrogen (secondary N) is 2. The van der Waals surface area contributed by atoms with Gasteiger partial charge in [0.2, 0.25) is 5.91 Å². The van der Waals surface area contributed by atoms with Gasteiger partial charge in [0.25, 0.3) is 6.01 Å². The van der Waals surface area contributed by atoms with Gasteiger partial charge >= 0.3 is 5.97 Å². The quantitative estimate of drug-likeness (QED) is 0.257. The number of pyridine rings is 1. The van der Waals surface area contributed by atoms with Crippen LogP contribution in [0.1, 0.15) is 55.5 Å². The molecule has 3 N–H and O–H groups in total. The molecule has 0 saturated heterocycles. The summed E-state index contributed by atoms with van der Waals surface area (Å²) in [4.78, 5) is 32.3. The van der Waals surface area contributed by atoms with Crippen LogP contribution in [0.5, 0.6) is 0 Å². The fourth-order valence-corrected chi connectivity index (χ4v) is 4.17. The minimum Gasteiger partial charge on any atom is -0.481 e. The van der Waals surface area contributed by atoms with Crippen molar-refractivity contribution in [3.8, 4) is 0 Å². The van der Waals surface area contributed by atoms with E-state index in [9.17, 15) is 9.59 Å². The van der Waals surface area contributed by atoms with Crippen LogP contribution in [-0.2, 0) is 28.9 Å². The van der Waals surface area contributed by atoms with Crippen molar-refractivity contribution < 1.29 is 19.1 Å². The number of para-hydroxylation sites is 1. The lowest BCUT2D eigenvalue weighted by atomic mass is 10.0. The maximum atomic E-state index is 12.6. The van der Waals surface area contributed by atoms with Crippen molar-refractivity contribution in [1.29, 1.82) is 0 Å². The number of carboxylic acid groups (broad SMARTS) is 1. The van der Waals surface area contributed by atoms with E-state index in [0.717, 1.165) is 24.1 Å². The van der Waals surface area contributed by atoms with Crippen LogP contribution in [-0.4, -0.2) is 27.0 Å². The van der Waals surface area contributed by atoms with Crippen LogP contribution in [0.25, 0.3) is 11.1 Å². The molecule has 4 rings (SSSR count). The molecule has 0 aliphatic rings. The van der Waals surface area contributed by atoms with Crippen LogP contribution < -0.4 is 10.6 Å². The van der Waals surface area contributed by atoms with Gasteiger partial charge in [-0.25, -0.2) is 0 Å². The average molecular weight is 487 g/mol. The number of carbonyl (C=O) groups is 2. The lowest BCUT2D eigenvalue weighted by Crippen LogP contribution is -2.14. The van der Waals surface area contributed by atoms with E-state index in [1.807, 2.05) is 18.2 Å². The molecular weight excluding hydrogens is 456 g/mol. The number of anilines is 3. The van der Waals surface area contributed by atoms with E-state index in [2.05, 4.69) is 52.6 Å². The molecule has 8 heteroatoms. The highest BCUT2D eigenvalue weighted by molar-refractivity contribution is 5.92. The summed E-state index contributed by atoms with van der Waals surface area (Å²) in [5, 5.41) is 15.1. The summed E-state index contributed by atoms with van der Waals surface area (Å²) in [6.45, 7) is 6.04. The Hall–Kier alpha value is -4.20. The molecule has 2 aromatic carbocycles. The topological polar surface area (TPSA) is 117 Å². The van der Waals surface area contributed by atoms with Crippen molar-refractivity contribution in [2.75, 3.05) is 10.6 Å². The number of rotatable bonds is 10. The molecule has 0 aliphatic heterocycles. The molecule has 36 heavy (non-hydrogen) atoms. The fraction of sp³-hybridized carbons (Fsp3) is 0.286. The zero-order valence-corrected chi connectivity index (χ0v) is 20.7. The predicted molar refractivity (Wildman–Crippen MR) is 140 cm³/mol. The average Bonchev–Trinajstić information content (AvgIpc) is 3.25. The maximum absolute atomic E-state index is 12.6. The number of oxazole rings is 1. The van der Waals surface area contributed by atoms with E-state index >= 15 is 0 Å². The van der Waals surface area contributed by atoms with Gasteiger partial charge in [-0.2, -0.15) is 4.98 Å². The number of aliphatic carboxylic acids is 1. The van der Waals surface area contributed by atoms with Gasteiger partial charge in [0.1, 0.15) is 5.52 Å². The van der Waals surface area contributed by atoms with Gasteiger partial charge in [0, 0.05) is 17.3 Å². The number of amides is 1. The Morgan fingerprint density at radius 2 is 1.81 bits per heavy atom. The lowest BCUT2D eigenvalue weighted by molar-refractivity contribution is -0.137. The maximum Gasteiger partial charge on any atom is 0.304 e. The molecule has 2 aromatic heterocycles. The summed E-state index contributed by atoms with van der Waals surface area (Å²) in [5.74, 6) is -1.26. The summed E-state index contributed by atoms with van der Waals surface area (Å²) >= 11 is 0. The third kappa shape index (κ3) is 5.89. The molecule has 8 nitrogen and oxygen atoms in total. The first-order chi connectivity index (χ1) is 17.4. The van der Waals surface area contributed by atoms with E-state index in [1.165, 1.54) is 11.1 Å². The molecule has 1 unspecified atom stereocenters. The van der Waals surface area contributed by atoms with Crippen molar-refractivity contribution in [1.82, 2.24) is 9.97 Å². The van der Waals surface area contributed by atoms with E-state index in [1.54, 1.807) is 25.3 Å². The number of carbonyl (C=O) groups excluding carboxylic acids is 1.